The molecule has 1 heteroatoms. The maximum Gasteiger partial charge on any atom is 0.0645 e. The molecule has 0 aromatic rings. The van der Waals surface area contributed by atoms with Crippen molar-refractivity contribution in [3.63, 3.8) is 0 Å². The Morgan fingerprint density at radius 1 is 1.17 bits per heavy atom. The summed E-state index contributed by atoms with van der Waals surface area (Å²) in [6, 6.07) is 0. The van der Waals surface area contributed by atoms with Crippen LogP contribution in [0.1, 0.15) is 40.0 Å². The first-order valence-corrected chi connectivity index (χ1v) is 4.93. The molecule has 0 rings (SSSR count). The molecule has 0 spiro atoms. The number of hydrogen-bond acceptors (Lipinski definition) is 1. The van der Waals surface area contributed by atoms with Crippen LogP contribution in [0, 0.1) is 5.41 Å². The molecule has 0 aromatic carbocycles. The van der Waals surface area contributed by atoms with Crippen LogP contribution in [-0.4, -0.2) is 13.2 Å². The molecule has 0 fully saturated rings. The maximum absolute atomic E-state index is 5.50. The van der Waals surface area contributed by atoms with Gasteiger partial charge in [-0.25, -0.2) is 0 Å². The van der Waals surface area contributed by atoms with Crippen LogP contribution in [0.4, 0.5) is 0 Å². The van der Waals surface area contributed by atoms with Crippen LogP contribution in [0.25, 0.3) is 0 Å². The molecule has 0 radical (unpaired) electrons. The number of rotatable bonds is 7. The Morgan fingerprint density at radius 2 is 1.67 bits per heavy atom. The fourth-order valence-corrected chi connectivity index (χ4v) is 1.41. The highest BCUT2D eigenvalue weighted by Crippen LogP contribution is 2.30. The predicted molar refractivity (Wildman–Crippen MR) is 54.3 cm³/mol. The van der Waals surface area contributed by atoms with Crippen LogP contribution in [0.15, 0.2) is 12.7 Å². The summed E-state index contributed by atoms with van der Waals surface area (Å²) >= 11 is 0. The van der Waals surface area contributed by atoms with E-state index >= 15 is 0 Å². The van der Waals surface area contributed by atoms with Crippen molar-refractivity contribution in [1.82, 2.24) is 0 Å². The van der Waals surface area contributed by atoms with Gasteiger partial charge in [0.05, 0.1) is 13.2 Å². The van der Waals surface area contributed by atoms with Crippen molar-refractivity contribution < 1.29 is 4.74 Å². The summed E-state index contributed by atoms with van der Waals surface area (Å²) in [6.45, 7) is 11.9. The van der Waals surface area contributed by atoms with Gasteiger partial charge in [-0.05, 0) is 24.7 Å². The molecule has 72 valence electrons. The monoisotopic (exact) mass is 170 g/mol. The Bertz CT molecular complexity index is 106. The minimum absolute atomic E-state index is 0.406. The van der Waals surface area contributed by atoms with E-state index in [1.807, 2.05) is 6.08 Å². The van der Waals surface area contributed by atoms with Gasteiger partial charge in [0.2, 0.25) is 0 Å². The van der Waals surface area contributed by atoms with Gasteiger partial charge >= 0.3 is 0 Å². The maximum atomic E-state index is 5.50. The Kier molecular flexibility index (Phi) is 6.09. The quantitative estimate of drug-likeness (QED) is 0.420. The first-order valence-electron chi connectivity index (χ1n) is 4.93. The van der Waals surface area contributed by atoms with E-state index in [1.54, 1.807) is 0 Å². The Labute approximate surface area is 76.8 Å². The highest BCUT2D eigenvalue weighted by molar-refractivity contribution is 4.75. The number of ether oxygens (including phenoxy) is 1. The summed E-state index contributed by atoms with van der Waals surface area (Å²) in [5, 5.41) is 0. The summed E-state index contributed by atoms with van der Waals surface area (Å²) < 4.78 is 5.50. The molecule has 0 saturated heterocycles. The van der Waals surface area contributed by atoms with Crippen molar-refractivity contribution in [3.8, 4) is 0 Å². The highest BCUT2D eigenvalue weighted by atomic mass is 16.5. The second-order valence-corrected chi connectivity index (χ2v) is 3.36. The fourth-order valence-electron chi connectivity index (χ4n) is 1.41. The molecule has 0 N–H and O–H groups in total. The molecular formula is C11H22O. The molecular weight excluding hydrogens is 148 g/mol. The zero-order chi connectivity index (χ0) is 9.45. The lowest BCUT2D eigenvalue weighted by Gasteiger charge is -2.29. The van der Waals surface area contributed by atoms with Crippen molar-refractivity contribution in [2.24, 2.45) is 5.41 Å². The second kappa shape index (κ2) is 6.24. The van der Waals surface area contributed by atoms with Gasteiger partial charge in [0.25, 0.3) is 0 Å². The molecule has 0 aliphatic carbocycles. The zero-order valence-corrected chi connectivity index (χ0v) is 8.73. The first-order chi connectivity index (χ1) is 5.74. The van der Waals surface area contributed by atoms with Gasteiger partial charge in [0.15, 0.2) is 0 Å². The molecule has 12 heavy (non-hydrogen) atoms. The average molecular weight is 170 g/mol. The van der Waals surface area contributed by atoms with Crippen LogP contribution in [0.3, 0.4) is 0 Å². The Balaban J connectivity index is 3.84. The van der Waals surface area contributed by atoms with E-state index in [4.69, 9.17) is 4.74 Å². The van der Waals surface area contributed by atoms with E-state index in [1.165, 1.54) is 19.3 Å². The molecule has 0 heterocycles. The van der Waals surface area contributed by atoms with E-state index in [0.717, 1.165) is 6.61 Å². The molecule has 0 saturated carbocycles. The number of hydrogen-bond donors (Lipinski definition) is 0. The third kappa shape index (κ3) is 3.40. The zero-order valence-electron chi connectivity index (χ0n) is 8.73. The standard InChI is InChI=1S/C11H22O/c1-5-9-12-10-11(6-2,7-3)8-4/h5H,1,6-10H2,2-4H3. The molecule has 0 aromatic heterocycles. The summed E-state index contributed by atoms with van der Waals surface area (Å²) in [6.07, 6.45) is 5.43. The van der Waals surface area contributed by atoms with E-state index in [9.17, 15) is 0 Å². The summed E-state index contributed by atoms with van der Waals surface area (Å²) in [5.41, 5.74) is 0.406. The van der Waals surface area contributed by atoms with Crippen molar-refractivity contribution in [3.05, 3.63) is 12.7 Å². The van der Waals surface area contributed by atoms with Gasteiger partial charge in [-0.3, -0.25) is 0 Å². The van der Waals surface area contributed by atoms with Crippen molar-refractivity contribution in [2.45, 2.75) is 40.0 Å². The molecule has 1 nitrogen and oxygen atoms in total. The van der Waals surface area contributed by atoms with Gasteiger partial charge in [0, 0.05) is 0 Å². The summed E-state index contributed by atoms with van der Waals surface area (Å²) in [4.78, 5) is 0. The second-order valence-electron chi connectivity index (χ2n) is 3.36. The minimum Gasteiger partial charge on any atom is -0.377 e. The molecule has 0 bridgehead atoms. The van der Waals surface area contributed by atoms with E-state index < -0.39 is 0 Å². The van der Waals surface area contributed by atoms with Crippen LogP contribution >= 0.6 is 0 Å². The summed E-state index contributed by atoms with van der Waals surface area (Å²) in [7, 11) is 0. The normalized spacial score (nSPS) is 11.6. The van der Waals surface area contributed by atoms with Crippen molar-refractivity contribution >= 4 is 0 Å². The van der Waals surface area contributed by atoms with Crippen molar-refractivity contribution in [2.75, 3.05) is 13.2 Å². The Hall–Kier alpha value is -0.300. The smallest absolute Gasteiger partial charge is 0.0645 e. The van der Waals surface area contributed by atoms with Gasteiger partial charge in [0.1, 0.15) is 0 Å². The fraction of sp³-hybridized carbons (Fsp3) is 0.818. The van der Waals surface area contributed by atoms with Crippen LogP contribution in [-0.2, 0) is 4.74 Å². The Morgan fingerprint density at radius 3 is 2.00 bits per heavy atom. The lowest BCUT2D eigenvalue weighted by molar-refractivity contribution is 0.0501. The lowest BCUT2D eigenvalue weighted by Crippen LogP contribution is -2.24. The molecule has 0 amide bonds. The third-order valence-corrected chi connectivity index (χ3v) is 2.89. The molecule has 0 aliphatic heterocycles. The van der Waals surface area contributed by atoms with Gasteiger partial charge in [-0.1, -0.05) is 26.8 Å². The third-order valence-electron chi connectivity index (χ3n) is 2.89. The molecule has 0 aliphatic rings. The molecule has 0 unspecified atom stereocenters. The average Bonchev–Trinajstić information content (AvgIpc) is 2.14. The molecule has 0 atom stereocenters. The van der Waals surface area contributed by atoms with Crippen LogP contribution < -0.4 is 0 Å². The summed E-state index contributed by atoms with van der Waals surface area (Å²) in [5.74, 6) is 0. The van der Waals surface area contributed by atoms with E-state index in [0.29, 0.717) is 12.0 Å². The SMILES string of the molecule is C=CCOCC(CC)(CC)CC. The van der Waals surface area contributed by atoms with Crippen molar-refractivity contribution in [1.29, 1.82) is 0 Å². The minimum atomic E-state index is 0.406. The highest BCUT2D eigenvalue weighted by Gasteiger charge is 2.23. The lowest BCUT2D eigenvalue weighted by atomic mass is 9.81. The van der Waals surface area contributed by atoms with Crippen LogP contribution in [0.5, 0.6) is 0 Å². The first kappa shape index (κ1) is 11.7. The van der Waals surface area contributed by atoms with E-state index in [-0.39, 0.29) is 0 Å². The van der Waals surface area contributed by atoms with Gasteiger partial charge < -0.3 is 4.74 Å². The van der Waals surface area contributed by atoms with Crippen LogP contribution in [0.2, 0.25) is 0 Å². The van der Waals surface area contributed by atoms with E-state index in [2.05, 4.69) is 27.4 Å². The van der Waals surface area contributed by atoms with Gasteiger partial charge in [-0.2, -0.15) is 0 Å². The topological polar surface area (TPSA) is 9.23 Å². The predicted octanol–water partition coefficient (Wildman–Crippen LogP) is 3.41. The van der Waals surface area contributed by atoms with Gasteiger partial charge in [-0.15, -0.1) is 6.58 Å². The largest absolute Gasteiger partial charge is 0.377 e.